The fraction of sp³-hybridized carbons (Fsp3) is 0.474. The fourth-order valence-electron chi connectivity index (χ4n) is 2.50. The summed E-state index contributed by atoms with van der Waals surface area (Å²) in [6, 6.07) is 6.18. The second kappa shape index (κ2) is 9.42. The number of aromatic nitrogens is 1. The molecule has 1 aromatic heterocycles. The van der Waals surface area contributed by atoms with Crippen molar-refractivity contribution < 1.29 is 4.74 Å². The van der Waals surface area contributed by atoms with E-state index in [9.17, 15) is 0 Å². The van der Waals surface area contributed by atoms with Gasteiger partial charge < -0.3 is 15.4 Å². The Morgan fingerprint density at radius 1 is 1.12 bits per heavy atom. The Balaban J connectivity index is 1.70. The largest absolute Gasteiger partial charge is 0.491 e. The highest BCUT2D eigenvalue weighted by Crippen LogP contribution is 2.21. The molecule has 1 heterocycles. The van der Waals surface area contributed by atoms with E-state index in [1.165, 1.54) is 4.88 Å². The first-order chi connectivity index (χ1) is 12.0. The third-order valence-electron chi connectivity index (χ3n) is 3.98. The number of nitrogens with zero attached hydrogens (tertiary/aromatic N) is 2. The van der Waals surface area contributed by atoms with E-state index in [0.29, 0.717) is 13.2 Å². The van der Waals surface area contributed by atoms with Gasteiger partial charge in [-0.15, -0.1) is 11.3 Å². The van der Waals surface area contributed by atoms with Gasteiger partial charge in [-0.25, -0.2) is 4.98 Å². The first-order valence-electron chi connectivity index (χ1n) is 8.57. The average molecular weight is 361 g/mol. The van der Waals surface area contributed by atoms with Crippen LogP contribution in [0.5, 0.6) is 5.75 Å². The molecule has 0 saturated carbocycles. The molecule has 2 N–H and O–H groups in total. The number of aliphatic imine (C=N–C) groups is 1. The predicted molar refractivity (Wildman–Crippen MR) is 106 cm³/mol. The van der Waals surface area contributed by atoms with Gasteiger partial charge in [-0.2, -0.15) is 0 Å². The van der Waals surface area contributed by atoms with Gasteiger partial charge in [0, 0.05) is 24.9 Å². The van der Waals surface area contributed by atoms with E-state index in [4.69, 9.17) is 4.74 Å². The Hall–Kier alpha value is -2.08. The summed E-state index contributed by atoms with van der Waals surface area (Å²) < 4.78 is 5.90. The molecule has 0 aliphatic heterocycles. The molecule has 0 aliphatic carbocycles. The Kier molecular flexibility index (Phi) is 7.25. The lowest BCUT2D eigenvalue weighted by atomic mass is 10.1. The summed E-state index contributed by atoms with van der Waals surface area (Å²) in [5, 5.41) is 7.76. The first kappa shape index (κ1) is 19.2. The SMILES string of the molecule is CN=C(NCCOc1c(C)cccc1C)NCCc1nc(C)c(C)s1. The van der Waals surface area contributed by atoms with Gasteiger partial charge in [0.2, 0.25) is 0 Å². The van der Waals surface area contributed by atoms with E-state index < -0.39 is 0 Å². The van der Waals surface area contributed by atoms with Gasteiger partial charge in [-0.3, -0.25) is 4.99 Å². The lowest BCUT2D eigenvalue weighted by Gasteiger charge is -2.14. The van der Waals surface area contributed by atoms with Crippen LogP contribution in [0, 0.1) is 27.7 Å². The average Bonchev–Trinajstić information content (AvgIpc) is 2.90. The van der Waals surface area contributed by atoms with Crippen molar-refractivity contribution in [3.63, 3.8) is 0 Å². The number of thiazole rings is 1. The Morgan fingerprint density at radius 2 is 1.80 bits per heavy atom. The van der Waals surface area contributed by atoms with E-state index in [1.807, 2.05) is 6.07 Å². The van der Waals surface area contributed by atoms with Crippen LogP contribution < -0.4 is 15.4 Å². The predicted octanol–water partition coefficient (Wildman–Crippen LogP) is 3.16. The molecule has 2 aromatic rings. The molecule has 6 heteroatoms. The number of aryl methyl sites for hydroxylation is 4. The topological polar surface area (TPSA) is 58.5 Å². The first-order valence-corrected chi connectivity index (χ1v) is 9.39. The molecule has 136 valence electrons. The van der Waals surface area contributed by atoms with E-state index >= 15 is 0 Å². The van der Waals surface area contributed by atoms with Crippen LogP contribution >= 0.6 is 11.3 Å². The Labute approximate surface area is 154 Å². The maximum Gasteiger partial charge on any atom is 0.191 e. The van der Waals surface area contributed by atoms with Crippen LogP contribution in [0.25, 0.3) is 0 Å². The molecule has 25 heavy (non-hydrogen) atoms. The molecule has 0 spiro atoms. The Bertz CT molecular complexity index is 684. The lowest BCUT2D eigenvalue weighted by Crippen LogP contribution is -2.40. The molecule has 0 radical (unpaired) electrons. The van der Waals surface area contributed by atoms with E-state index in [1.54, 1.807) is 18.4 Å². The van der Waals surface area contributed by atoms with Crippen LogP contribution in [0.4, 0.5) is 0 Å². The number of benzene rings is 1. The van der Waals surface area contributed by atoms with Crippen LogP contribution in [-0.4, -0.2) is 37.7 Å². The lowest BCUT2D eigenvalue weighted by molar-refractivity contribution is 0.317. The standard InChI is InChI=1S/C19H28N4OS/c1-13-7-6-8-14(2)18(13)24-12-11-22-19(20-5)21-10-9-17-23-15(3)16(4)25-17/h6-8H,9-12H2,1-5H3,(H2,20,21,22). The number of hydrogen-bond donors (Lipinski definition) is 2. The third-order valence-corrected chi connectivity index (χ3v) is 5.11. The van der Waals surface area contributed by atoms with Crippen molar-refractivity contribution in [1.29, 1.82) is 0 Å². The molecular formula is C19H28N4OS. The summed E-state index contributed by atoms with van der Waals surface area (Å²) in [6.45, 7) is 10.4. The summed E-state index contributed by atoms with van der Waals surface area (Å²) in [4.78, 5) is 10.1. The summed E-state index contributed by atoms with van der Waals surface area (Å²) in [7, 11) is 1.78. The monoisotopic (exact) mass is 360 g/mol. The molecule has 0 fully saturated rings. The third kappa shape index (κ3) is 5.74. The van der Waals surface area contributed by atoms with Gasteiger partial charge in [0.25, 0.3) is 0 Å². The van der Waals surface area contributed by atoms with Crippen LogP contribution in [-0.2, 0) is 6.42 Å². The zero-order chi connectivity index (χ0) is 18.2. The van der Waals surface area contributed by atoms with Gasteiger partial charge in [0.1, 0.15) is 12.4 Å². The van der Waals surface area contributed by atoms with Gasteiger partial charge in [0.05, 0.1) is 17.2 Å². The van der Waals surface area contributed by atoms with E-state index in [2.05, 4.69) is 60.4 Å². The quantitative estimate of drug-likeness (QED) is 0.452. The van der Waals surface area contributed by atoms with Gasteiger partial charge in [0.15, 0.2) is 5.96 Å². The molecule has 5 nitrogen and oxygen atoms in total. The van der Waals surface area contributed by atoms with Crippen molar-refractivity contribution in [2.45, 2.75) is 34.1 Å². The van der Waals surface area contributed by atoms with Crippen molar-refractivity contribution >= 4 is 17.3 Å². The fourth-order valence-corrected chi connectivity index (χ4v) is 3.44. The Morgan fingerprint density at radius 3 is 2.40 bits per heavy atom. The highest BCUT2D eigenvalue weighted by Gasteiger charge is 2.05. The molecule has 2 rings (SSSR count). The number of hydrogen-bond acceptors (Lipinski definition) is 4. The van der Waals surface area contributed by atoms with Gasteiger partial charge >= 0.3 is 0 Å². The van der Waals surface area contributed by atoms with Crippen LogP contribution in [0.1, 0.15) is 26.7 Å². The second-order valence-corrected chi connectivity index (χ2v) is 7.28. The zero-order valence-electron chi connectivity index (χ0n) is 15.8. The smallest absolute Gasteiger partial charge is 0.191 e. The van der Waals surface area contributed by atoms with Crippen molar-refractivity contribution in [3.8, 4) is 5.75 Å². The number of guanidine groups is 1. The summed E-state index contributed by atoms with van der Waals surface area (Å²) >= 11 is 1.76. The molecule has 0 atom stereocenters. The minimum atomic E-state index is 0.595. The van der Waals surface area contributed by atoms with Crippen molar-refractivity contribution in [2.75, 3.05) is 26.7 Å². The van der Waals surface area contributed by atoms with Crippen LogP contribution in [0.3, 0.4) is 0 Å². The van der Waals surface area contributed by atoms with E-state index in [-0.39, 0.29) is 0 Å². The van der Waals surface area contributed by atoms with Crippen LogP contribution in [0.2, 0.25) is 0 Å². The normalized spacial score (nSPS) is 11.5. The maximum atomic E-state index is 5.90. The molecule has 0 aliphatic rings. The summed E-state index contributed by atoms with van der Waals surface area (Å²) in [5.41, 5.74) is 3.46. The highest BCUT2D eigenvalue weighted by molar-refractivity contribution is 7.11. The molecule has 0 bridgehead atoms. The molecule has 0 amide bonds. The molecule has 0 unspecified atom stereocenters. The molecule has 1 aromatic carbocycles. The van der Waals surface area contributed by atoms with Crippen LogP contribution in [0.15, 0.2) is 23.2 Å². The number of rotatable bonds is 7. The molecular weight excluding hydrogens is 332 g/mol. The zero-order valence-corrected chi connectivity index (χ0v) is 16.6. The molecule has 0 saturated heterocycles. The minimum absolute atomic E-state index is 0.595. The van der Waals surface area contributed by atoms with Gasteiger partial charge in [-0.1, -0.05) is 18.2 Å². The summed E-state index contributed by atoms with van der Waals surface area (Å²) in [5.74, 6) is 1.76. The van der Waals surface area contributed by atoms with Crippen molar-refractivity contribution in [2.24, 2.45) is 4.99 Å². The highest BCUT2D eigenvalue weighted by atomic mass is 32.1. The summed E-state index contributed by atoms with van der Waals surface area (Å²) in [6.07, 6.45) is 0.902. The van der Waals surface area contributed by atoms with Crippen molar-refractivity contribution in [3.05, 3.63) is 44.9 Å². The number of para-hydroxylation sites is 1. The number of ether oxygens (including phenoxy) is 1. The van der Waals surface area contributed by atoms with Gasteiger partial charge in [-0.05, 0) is 38.8 Å². The number of nitrogens with one attached hydrogen (secondary N) is 2. The minimum Gasteiger partial charge on any atom is -0.491 e. The second-order valence-electron chi connectivity index (χ2n) is 5.99. The van der Waals surface area contributed by atoms with Crippen molar-refractivity contribution in [1.82, 2.24) is 15.6 Å². The van der Waals surface area contributed by atoms with E-state index in [0.717, 1.165) is 46.5 Å². The maximum absolute atomic E-state index is 5.90.